The van der Waals surface area contributed by atoms with Crippen molar-refractivity contribution in [2.45, 2.75) is 84.2 Å². The number of aliphatic carboxylic acids is 4. The van der Waals surface area contributed by atoms with Crippen LogP contribution >= 0.6 is 11.8 Å². The van der Waals surface area contributed by atoms with Crippen molar-refractivity contribution in [3.05, 3.63) is 94.8 Å². The van der Waals surface area contributed by atoms with Crippen molar-refractivity contribution >= 4 is 126 Å². The maximum Gasteiger partial charge on any atom is 0.374 e. The Morgan fingerprint density at radius 2 is 1.32 bits per heavy atom. The lowest BCUT2D eigenvalue weighted by Crippen LogP contribution is -2.54. The number of imide groups is 1. The maximum atomic E-state index is 13.9. The smallest absolute Gasteiger partial charge is 0.374 e. The van der Waals surface area contributed by atoms with E-state index in [1.807, 2.05) is 10.6 Å². The van der Waals surface area contributed by atoms with Gasteiger partial charge in [-0.2, -0.15) is 0 Å². The van der Waals surface area contributed by atoms with Gasteiger partial charge in [-0.3, -0.25) is 48.7 Å². The molecule has 0 spiro atoms. The highest BCUT2D eigenvalue weighted by Gasteiger charge is 2.41. The number of carboxylic acid groups (broad SMARTS) is 5. The topological polar surface area (TPSA) is 596 Å². The van der Waals surface area contributed by atoms with Crippen LogP contribution in [0, 0.1) is 0 Å². The predicted molar refractivity (Wildman–Crippen MR) is 327 cm³/mol. The Morgan fingerprint density at radius 1 is 0.691 bits per heavy atom. The molecule has 0 aromatic heterocycles. The molecule has 36 nitrogen and oxygen atoms in total. The fourth-order valence-corrected chi connectivity index (χ4v) is 12.3. The number of urea groups is 1. The van der Waals surface area contributed by atoms with E-state index in [-0.39, 0.29) is 79.9 Å². The third-order valence-electron chi connectivity index (χ3n) is 14.3. The van der Waals surface area contributed by atoms with Crippen LogP contribution in [0.25, 0.3) is 33.4 Å². The van der Waals surface area contributed by atoms with Crippen molar-refractivity contribution < 1.29 is 133 Å². The van der Waals surface area contributed by atoms with E-state index < -0.39 is 209 Å². The summed E-state index contributed by atoms with van der Waals surface area (Å²) >= 11 is 0.653. The summed E-state index contributed by atoms with van der Waals surface area (Å²) in [6.45, 7) is -1.29. The van der Waals surface area contributed by atoms with Crippen LogP contribution in [0.2, 0.25) is 0 Å². The molecular formula is C58H62N9O27S3-. The molecule has 1 aliphatic carbocycles. The third kappa shape index (κ3) is 20.8. The lowest BCUT2D eigenvalue weighted by Gasteiger charge is -2.23. The van der Waals surface area contributed by atoms with Crippen molar-refractivity contribution in [2.75, 3.05) is 57.5 Å². The van der Waals surface area contributed by atoms with E-state index in [0.717, 1.165) is 47.4 Å². The van der Waals surface area contributed by atoms with Crippen molar-refractivity contribution in [3.8, 4) is 22.5 Å². The summed E-state index contributed by atoms with van der Waals surface area (Å²) in [6, 6.07) is 7.76. The van der Waals surface area contributed by atoms with Crippen LogP contribution in [0.3, 0.4) is 0 Å². The quantitative estimate of drug-likeness (QED) is 0.00465. The van der Waals surface area contributed by atoms with Gasteiger partial charge in [-0.05, 0) is 54.3 Å². The van der Waals surface area contributed by atoms with Gasteiger partial charge in [-0.25, -0.2) is 40.8 Å². The number of ether oxygens (including phenoxy) is 2. The molecule has 8 amide bonds. The Balaban J connectivity index is 0.999. The first-order valence-electron chi connectivity index (χ1n) is 28.7. The van der Waals surface area contributed by atoms with Gasteiger partial charge in [0.15, 0.2) is 16.2 Å². The number of carbonyl (C=O) groups is 13. The number of thioether (sulfide) groups is 1. The van der Waals surface area contributed by atoms with E-state index in [1.54, 1.807) is 30.3 Å². The van der Waals surface area contributed by atoms with Crippen LogP contribution in [-0.4, -0.2) is 215 Å². The normalized spacial score (nSPS) is 14.4. The van der Waals surface area contributed by atoms with Crippen molar-refractivity contribution in [1.29, 1.82) is 0 Å². The predicted octanol–water partition coefficient (Wildman–Crippen LogP) is -3.20. The minimum Gasteiger partial charge on any atom is -0.744 e. The van der Waals surface area contributed by atoms with Gasteiger partial charge in [0.2, 0.25) is 34.9 Å². The lowest BCUT2D eigenvalue weighted by molar-refractivity contribution is -0.176. The van der Waals surface area contributed by atoms with Crippen LogP contribution in [-0.2, 0) is 84.1 Å². The summed E-state index contributed by atoms with van der Waals surface area (Å²) in [5.74, 6) is -16.0. The van der Waals surface area contributed by atoms with Crippen molar-refractivity contribution in [3.63, 3.8) is 0 Å². The number of hydrogen-bond acceptors (Lipinski definition) is 24. The molecule has 2 heterocycles. The second kappa shape index (κ2) is 33.8. The first kappa shape index (κ1) is 75.6. The number of amides is 8. The van der Waals surface area contributed by atoms with Gasteiger partial charge in [-0.1, -0.05) is 36.4 Å². The molecule has 0 radical (unpaired) electrons. The van der Waals surface area contributed by atoms with Crippen LogP contribution in [0.15, 0.2) is 87.0 Å². The van der Waals surface area contributed by atoms with Crippen LogP contribution in [0.4, 0.5) is 10.5 Å². The van der Waals surface area contributed by atoms with Gasteiger partial charge in [0, 0.05) is 85.6 Å². The average molecular weight is 1410 g/mol. The fraction of sp³-hybridized carbons (Fsp3) is 0.345. The Labute approximate surface area is 552 Å². The van der Waals surface area contributed by atoms with Crippen molar-refractivity contribution in [2.24, 2.45) is 0 Å². The third-order valence-corrected chi connectivity index (χ3v) is 17.4. The number of fused-ring (bicyclic) bond motifs is 2. The lowest BCUT2D eigenvalue weighted by atomic mass is 9.89. The van der Waals surface area contributed by atoms with Gasteiger partial charge >= 0.3 is 35.9 Å². The molecule has 1 fully saturated rings. The molecule has 39 heteroatoms. The SMILES string of the molecule is Nc1ccc2c(-c3ccc(C(=O)NCCN4C(=O)CC(SCC(NC(=O)C(Cc5ccccc5)NC(=O)CCOCCOCCNC(=O)CC[C@@H](NC(=O)N[C@H](CCC(=O)O)C(=O)O)C(=O)O)C(=O)C(=O)O)C4=O)cc3C(=O)O)c3ccc(=[NH2+])c(S(=O)(=O)[O-])c-3oc2c1S(=O)(=O)[O-]. The number of nitrogens with zero attached hydrogens (tertiary/aromatic N) is 1. The molecule has 0 bridgehead atoms. The summed E-state index contributed by atoms with van der Waals surface area (Å²) in [7, 11) is -11.1. The first-order valence-corrected chi connectivity index (χ1v) is 32.6. The molecular weight excluding hydrogens is 1350 g/mol. The second-order valence-electron chi connectivity index (χ2n) is 21.1. The highest BCUT2D eigenvalue weighted by atomic mass is 32.2. The number of carbonyl (C=O) groups excluding carboxylic acids is 8. The number of likely N-dealkylation sites (tertiary alicyclic amines) is 1. The van der Waals surface area contributed by atoms with Crippen LogP contribution in [0.1, 0.15) is 64.8 Å². The fourth-order valence-electron chi connectivity index (χ4n) is 9.68. The van der Waals surface area contributed by atoms with Gasteiger partial charge in [0.05, 0.1) is 42.9 Å². The number of carboxylic acids is 5. The second-order valence-corrected chi connectivity index (χ2v) is 24.9. The number of nitrogens with two attached hydrogens (primary N) is 2. The van der Waals surface area contributed by atoms with Gasteiger partial charge in [0.1, 0.15) is 49.3 Å². The van der Waals surface area contributed by atoms with E-state index >= 15 is 0 Å². The summed E-state index contributed by atoms with van der Waals surface area (Å²) in [5, 5.41) is 65.0. The van der Waals surface area contributed by atoms with E-state index in [9.17, 15) is 109 Å². The zero-order valence-electron chi connectivity index (χ0n) is 50.5. The molecule has 15 N–H and O–H groups in total. The molecule has 1 saturated heterocycles. The molecule has 3 aromatic rings. The Morgan fingerprint density at radius 3 is 1.93 bits per heavy atom. The number of benzene rings is 4. The molecule has 3 unspecified atom stereocenters. The Kier molecular flexibility index (Phi) is 26.3. The number of Topliss-reactive ketones (excluding diaryl/α,β-unsaturated/α-hetero) is 1. The van der Waals surface area contributed by atoms with Crippen LogP contribution < -0.4 is 48.4 Å². The number of anilines is 1. The van der Waals surface area contributed by atoms with E-state index in [1.165, 1.54) is 0 Å². The summed E-state index contributed by atoms with van der Waals surface area (Å²) < 4.78 is 91.4. The highest BCUT2D eigenvalue weighted by Crippen LogP contribution is 2.46. The summed E-state index contributed by atoms with van der Waals surface area (Å²) in [4.78, 5) is 162. The van der Waals surface area contributed by atoms with E-state index in [2.05, 4.69) is 21.3 Å². The number of nitrogens with one attached hydrogen (secondary N) is 6. The summed E-state index contributed by atoms with van der Waals surface area (Å²) in [5.41, 5.74) is 2.88. The largest absolute Gasteiger partial charge is 0.744 e. The molecule has 97 heavy (non-hydrogen) atoms. The number of aromatic carboxylic acids is 1. The first-order chi connectivity index (χ1) is 45.7. The van der Waals surface area contributed by atoms with Crippen molar-refractivity contribution in [1.82, 2.24) is 36.8 Å². The monoisotopic (exact) mass is 1410 g/mol. The molecule has 3 aromatic carbocycles. The minimum atomic E-state index is -5.53. The number of ketones is 1. The standard InChI is InChI=1S/C58H63N9O27S3/c59-34-10-8-31-45(32-9-11-35(60)50(97(89,90)91)48(32)94-47(31)49(34)96(86,87)88)30-7-6-29(25-33(30)54(77)78)51(74)62-17-19-67-43(70)26-40(53(67)76)95-27-39(46(73)57(83)84)64-52(75)38(24-28-4-2-1-3-5-28)63-42(69)16-20-92-22-23-93-21-18-61-41(68)14-12-36(55(79)80)65-58(85)66-37(56(81)82)13-15-44(71)72/h1-11,25,36-40,59H,12-24,26-27,60H2,(H,61,68)(H,62,74)(H,63,69)(H,64,75)(H,71,72)(H,77,78)(H,79,80)(H,81,82)(H,83,84)(H2,65,66,85)(H,86,87,88)(H,89,90,91)/p-1/t36-,37-,38?,39?,40?/m1/s1. The van der Waals surface area contributed by atoms with E-state index in [4.69, 9.17) is 30.1 Å². The zero-order chi connectivity index (χ0) is 71.6. The molecule has 3 aliphatic rings. The zero-order valence-corrected chi connectivity index (χ0v) is 52.9. The average Bonchev–Trinajstić information content (AvgIpc) is 1.13. The molecule has 2 aliphatic heterocycles. The Bertz CT molecular complexity index is 4190. The highest BCUT2D eigenvalue weighted by molar-refractivity contribution is 8.00. The van der Waals surface area contributed by atoms with E-state index in [0.29, 0.717) is 17.3 Å². The molecule has 520 valence electrons. The number of rotatable bonds is 37. The summed E-state index contributed by atoms with van der Waals surface area (Å²) in [6.07, 6.45) is -2.81. The molecule has 6 rings (SSSR count). The number of nitrogen functional groups attached to an aromatic ring is 1. The molecule has 0 saturated carbocycles. The number of hydrogen-bond donors (Lipinski definition) is 13. The maximum absolute atomic E-state index is 13.9. The molecule has 5 atom stereocenters. The minimum absolute atomic E-state index is 0.0323. The van der Waals surface area contributed by atoms with Gasteiger partial charge in [-0.15, -0.1) is 11.8 Å². The van der Waals surface area contributed by atoms with Gasteiger partial charge < -0.3 is 86.2 Å². The van der Waals surface area contributed by atoms with Crippen LogP contribution in [0.5, 0.6) is 0 Å². The Hall–Kier alpha value is -10.5. The van der Waals surface area contributed by atoms with Gasteiger partial charge in [0.25, 0.3) is 11.7 Å².